The monoisotopic (exact) mass is 466 g/mol. The molecule has 34 heavy (non-hydrogen) atoms. The van der Waals surface area contributed by atoms with E-state index in [-0.39, 0.29) is 12.2 Å². The van der Waals surface area contributed by atoms with Crippen molar-refractivity contribution in [1.29, 1.82) is 0 Å². The topological polar surface area (TPSA) is 79.4 Å². The van der Waals surface area contributed by atoms with Gasteiger partial charge in [0, 0.05) is 23.2 Å². The van der Waals surface area contributed by atoms with Crippen LogP contribution in [-0.2, 0) is 22.3 Å². The Morgan fingerprint density at radius 1 is 0.618 bits per heavy atom. The van der Waals surface area contributed by atoms with Gasteiger partial charge >= 0.3 is 0 Å². The zero-order valence-corrected chi connectivity index (χ0v) is 19.1. The lowest BCUT2D eigenvalue weighted by atomic mass is 9.88. The molecule has 0 saturated carbocycles. The molecule has 6 heterocycles. The summed E-state index contributed by atoms with van der Waals surface area (Å²) in [6, 6.07) is 9.19. The first-order valence-electron chi connectivity index (χ1n) is 12.4. The SMILES string of the molecule is c1cc2c(c3c1CCO[C@@H]3[C@@H]1CCN1)OCO2.c1cc2c(c3c1CCO[C@H]3[C@@H]1CCN1)OCO2. The summed E-state index contributed by atoms with van der Waals surface area (Å²) in [6.45, 7) is 4.44. The van der Waals surface area contributed by atoms with Gasteiger partial charge in [0.05, 0.1) is 13.2 Å². The van der Waals surface area contributed by atoms with E-state index in [1.807, 2.05) is 12.1 Å². The van der Waals surface area contributed by atoms with Crippen molar-refractivity contribution in [1.82, 2.24) is 10.6 Å². The van der Waals surface area contributed by atoms with E-state index in [0.717, 1.165) is 62.1 Å². The van der Waals surface area contributed by atoms with Crippen molar-refractivity contribution < 1.29 is 28.4 Å². The van der Waals surface area contributed by atoms with Crippen LogP contribution in [0.3, 0.4) is 0 Å². The molecule has 8 heteroatoms. The maximum atomic E-state index is 5.94. The second kappa shape index (κ2) is 8.61. The van der Waals surface area contributed by atoms with Crippen LogP contribution in [0.2, 0.25) is 0 Å². The molecule has 0 aromatic heterocycles. The minimum Gasteiger partial charge on any atom is -0.454 e. The zero-order valence-electron chi connectivity index (χ0n) is 19.1. The van der Waals surface area contributed by atoms with E-state index >= 15 is 0 Å². The molecular formula is C26H30N2O6. The predicted octanol–water partition coefficient (Wildman–Crippen LogP) is 2.78. The molecule has 0 amide bonds. The van der Waals surface area contributed by atoms with E-state index in [2.05, 4.69) is 22.8 Å². The van der Waals surface area contributed by atoms with Crippen LogP contribution in [0.1, 0.15) is 47.3 Å². The van der Waals surface area contributed by atoms with Crippen LogP contribution in [0.15, 0.2) is 24.3 Å². The standard InChI is InChI=1S/2C13H15NO3/c2*1-2-10-13(17-7-16-10)11-8(1)4-6-15-12(11)9-3-5-14-9/h2*1-2,9,12,14H,3-7H2/t9-,12+;9-,12-/m00/s1. The largest absolute Gasteiger partial charge is 0.454 e. The minimum atomic E-state index is 0.129. The molecule has 2 saturated heterocycles. The lowest BCUT2D eigenvalue weighted by molar-refractivity contribution is -0.00327. The minimum absolute atomic E-state index is 0.129. The van der Waals surface area contributed by atoms with Gasteiger partial charge in [-0.15, -0.1) is 0 Å². The highest BCUT2D eigenvalue weighted by molar-refractivity contribution is 5.55. The Morgan fingerprint density at radius 2 is 1.09 bits per heavy atom. The Kier molecular flexibility index (Phi) is 5.27. The molecule has 6 aliphatic rings. The van der Waals surface area contributed by atoms with Crippen molar-refractivity contribution >= 4 is 0 Å². The van der Waals surface area contributed by atoms with Crippen LogP contribution >= 0.6 is 0 Å². The Balaban J connectivity index is 0.000000118. The highest BCUT2D eigenvalue weighted by Crippen LogP contribution is 2.47. The van der Waals surface area contributed by atoms with E-state index in [1.54, 1.807) is 0 Å². The smallest absolute Gasteiger partial charge is 0.231 e. The maximum Gasteiger partial charge on any atom is 0.231 e. The molecular weight excluding hydrogens is 436 g/mol. The van der Waals surface area contributed by atoms with Crippen molar-refractivity contribution in [3.8, 4) is 23.0 Å². The molecule has 8 rings (SSSR count). The highest BCUT2D eigenvalue weighted by atomic mass is 16.7. The molecule has 0 spiro atoms. The van der Waals surface area contributed by atoms with E-state index < -0.39 is 0 Å². The van der Waals surface area contributed by atoms with Crippen LogP contribution < -0.4 is 29.6 Å². The second-order valence-electron chi connectivity index (χ2n) is 9.53. The first kappa shape index (κ1) is 20.8. The summed E-state index contributed by atoms with van der Waals surface area (Å²) in [6.07, 6.45) is 4.54. The number of hydrogen-bond donors (Lipinski definition) is 2. The summed E-state index contributed by atoms with van der Waals surface area (Å²) in [5.74, 6) is 3.53. The molecule has 4 atom stereocenters. The first-order chi connectivity index (χ1) is 16.9. The Labute approximate surface area is 198 Å². The normalized spacial score (nSPS) is 29.6. The van der Waals surface area contributed by atoms with Gasteiger partial charge in [-0.3, -0.25) is 0 Å². The third kappa shape index (κ3) is 3.43. The average molecular weight is 467 g/mol. The van der Waals surface area contributed by atoms with Crippen molar-refractivity contribution in [3.05, 3.63) is 46.5 Å². The van der Waals surface area contributed by atoms with Crippen LogP contribution in [-0.4, -0.2) is 52.0 Å². The van der Waals surface area contributed by atoms with Crippen molar-refractivity contribution in [2.75, 3.05) is 39.9 Å². The molecule has 0 bridgehead atoms. The summed E-state index contributed by atoms with van der Waals surface area (Å²) < 4.78 is 34.0. The third-order valence-electron chi connectivity index (χ3n) is 7.70. The van der Waals surface area contributed by atoms with Gasteiger partial charge in [-0.25, -0.2) is 0 Å². The van der Waals surface area contributed by atoms with Crippen LogP contribution in [0.5, 0.6) is 23.0 Å². The predicted molar refractivity (Wildman–Crippen MR) is 123 cm³/mol. The highest BCUT2D eigenvalue weighted by Gasteiger charge is 2.38. The fourth-order valence-electron chi connectivity index (χ4n) is 5.66. The van der Waals surface area contributed by atoms with Crippen molar-refractivity contribution in [3.63, 3.8) is 0 Å². The Morgan fingerprint density at radius 3 is 1.50 bits per heavy atom. The molecule has 2 N–H and O–H groups in total. The van der Waals surface area contributed by atoms with Gasteiger partial charge in [0.25, 0.3) is 0 Å². The molecule has 2 aromatic carbocycles. The molecule has 0 unspecified atom stereocenters. The Bertz CT molecular complexity index is 998. The number of benzene rings is 2. The summed E-state index contributed by atoms with van der Waals surface area (Å²) in [5, 5.41) is 6.85. The van der Waals surface area contributed by atoms with Gasteiger partial charge in [-0.2, -0.15) is 0 Å². The van der Waals surface area contributed by atoms with Gasteiger partial charge in [-0.1, -0.05) is 12.1 Å². The van der Waals surface area contributed by atoms with E-state index in [1.165, 1.54) is 35.1 Å². The molecule has 0 aliphatic carbocycles. The molecule has 8 nitrogen and oxygen atoms in total. The number of hydrogen-bond acceptors (Lipinski definition) is 8. The maximum absolute atomic E-state index is 5.94. The average Bonchev–Trinajstić information content (AvgIpc) is 3.47. The number of rotatable bonds is 2. The van der Waals surface area contributed by atoms with Crippen LogP contribution in [0, 0.1) is 0 Å². The number of ether oxygens (including phenoxy) is 6. The lowest BCUT2D eigenvalue weighted by Crippen LogP contribution is -2.48. The molecule has 180 valence electrons. The van der Waals surface area contributed by atoms with Gasteiger partial charge in [0.1, 0.15) is 12.2 Å². The zero-order chi connectivity index (χ0) is 22.5. The van der Waals surface area contributed by atoms with E-state index in [9.17, 15) is 0 Å². The summed E-state index contributed by atoms with van der Waals surface area (Å²) >= 11 is 0. The number of nitrogens with one attached hydrogen (secondary N) is 2. The third-order valence-corrected chi connectivity index (χ3v) is 7.70. The van der Waals surface area contributed by atoms with Gasteiger partial charge in [0.2, 0.25) is 13.6 Å². The number of fused-ring (bicyclic) bond motifs is 6. The van der Waals surface area contributed by atoms with Crippen molar-refractivity contribution in [2.45, 2.75) is 50.0 Å². The van der Waals surface area contributed by atoms with Crippen LogP contribution in [0.4, 0.5) is 0 Å². The molecule has 2 fully saturated rings. The quantitative estimate of drug-likeness (QED) is 0.700. The molecule has 0 radical (unpaired) electrons. The lowest BCUT2D eigenvalue weighted by Gasteiger charge is -2.38. The summed E-state index contributed by atoms with van der Waals surface area (Å²) in [4.78, 5) is 0. The fourth-order valence-corrected chi connectivity index (χ4v) is 5.66. The van der Waals surface area contributed by atoms with E-state index in [0.29, 0.717) is 25.7 Å². The van der Waals surface area contributed by atoms with Gasteiger partial charge in [0.15, 0.2) is 23.0 Å². The van der Waals surface area contributed by atoms with Crippen molar-refractivity contribution in [2.24, 2.45) is 0 Å². The fraction of sp³-hybridized carbons (Fsp3) is 0.538. The van der Waals surface area contributed by atoms with Gasteiger partial charge < -0.3 is 39.1 Å². The second-order valence-corrected chi connectivity index (χ2v) is 9.53. The summed E-state index contributed by atoms with van der Waals surface area (Å²) in [7, 11) is 0. The molecule has 6 aliphatic heterocycles. The Hall–Kier alpha value is -2.52. The molecule has 2 aromatic rings. The van der Waals surface area contributed by atoms with Gasteiger partial charge in [-0.05, 0) is 62.0 Å². The summed E-state index contributed by atoms with van der Waals surface area (Å²) in [5.41, 5.74) is 5.12. The first-order valence-corrected chi connectivity index (χ1v) is 12.4. The van der Waals surface area contributed by atoms with Crippen LogP contribution in [0.25, 0.3) is 0 Å². The van der Waals surface area contributed by atoms with E-state index in [4.69, 9.17) is 28.4 Å².